The van der Waals surface area contributed by atoms with Crippen LogP contribution >= 0.6 is 0 Å². The Kier molecular flexibility index (Phi) is 4.07. The summed E-state index contributed by atoms with van der Waals surface area (Å²) in [4.78, 5) is 19.9. The van der Waals surface area contributed by atoms with E-state index in [0.717, 1.165) is 5.69 Å². The Bertz CT molecular complexity index is 567. The minimum absolute atomic E-state index is 0.225. The van der Waals surface area contributed by atoms with Crippen LogP contribution in [0.15, 0.2) is 22.9 Å². The van der Waals surface area contributed by atoms with Gasteiger partial charge in [0.2, 0.25) is 5.89 Å². The van der Waals surface area contributed by atoms with Crippen molar-refractivity contribution < 1.29 is 9.32 Å². The second-order valence-corrected chi connectivity index (χ2v) is 3.92. The van der Waals surface area contributed by atoms with Crippen LogP contribution in [0.1, 0.15) is 22.2 Å². The normalized spacial score (nSPS) is 10.2. The van der Waals surface area contributed by atoms with Crippen molar-refractivity contribution in [1.29, 1.82) is 0 Å². The van der Waals surface area contributed by atoms with E-state index in [1.807, 2.05) is 0 Å². The first-order valence-corrected chi connectivity index (χ1v) is 5.90. The maximum atomic E-state index is 11.8. The quantitative estimate of drug-likeness (QED) is 0.826. The van der Waals surface area contributed by atoms with Crippen molar-refractivity contribution in [2.75, 3.05) is 18.9 Å². The third-order valence-electron chi connectivity index (χ3n) is 2.49. The standard InChI is InChI=1S/C12H15N5O2/c1-8-16-11(17-19-8)4-6-15-12(18)10-7-9(13-2)3-5-14-10/h3,5,7H,4,6H2,1-2H3,(H,13,14)(H,15,18). The van der Waals surface area contributed by atoms with Gasteiger partial charge in [-0.1, -0.05) is 5.16 Å². The molecule has 19 heavy (non-hydrogen) atoms. The Morgan fingerprint density at radius 3 is 3.00 bits per heavy atom. The highest BCUT2D eigenvalue weighted by Crippen LogP contribution is 2.06. The summed E-state index contributed by atoms with van der Waals surface area (Å²) in [5.74, 6) is 0.872. The summed E-state index contributed by atoms with van der Waals surface area (Å²) in [6.07, 6.45) is 2.11. The van der Waals surface area contributed by atoms with Crippen LogP contribution in [0.3, 0.4) is 0 Å². The highest BCUT2D eigenvalue weighted by atomic mass is 16.5. The number of nitrogens with one attached hydrogen (secondary N) is 2. The molecule has 0 aliphatic heterocycles. The molecule has 0 spiro atoms. The Balaban J connectivity index is 1.87. The summed E-state index contributed by atoms with van der Waals surface area (Å²) in [5.41, 5.74) is 1.21. The van der Waals surface area contributed by atoms with Gasteiger partial charge in [-0.05, 0) is 12.1 Å². The number of hydrogen-bond acceptors (Lipinski definition) is 6. The first kappa shape index (κ1) is 13.0. The molecule has 2 aromatic rings. The molecule has 0 unspecified atom stereocenters. The number of anilines is 1. The molecule has 0 atom stereocenters. The smallest absolute Gasteiger partial charge is 0.269 e. The van der Waals surface area contributed by atoms with Crippen LogP contribution in [0, 0.1) is 6.92 Å². The Labute approximate surface area is 110 Å². The van der Waals surface area contributed by atoms with Gasteiger partial charge >= 0.3 is 0 Å². The maximum absolute atomic E-state index is 11.8. The summed E-state index contributed by atoms with van der Waals surface area (Å²) >= 11 is 0. The first-order valence-electron chi connectivity index (χ1n) is 5.90. The molecule has 0 saturated carbocycles. The number of aromatic nitrogens is 3. The van der Waals surface area contributed by atoms with E-state index in [1.54, 1.807) is 32.3 Å². The number of pyridine rings is 1. The molecule has 2 aromatic heterocycles. The van der Waals surface area contributed by atoms with E-state index in [4.69, 9.17) is 4.52 Å². The van der Waals surface area contributed by atoms with Gasteiger partial charge in [-0.2, -0.15) is 4.98 Å². The summed E-state index contributed by atoms with van der Waals surface area (Å²) < 4.78 is 4.84. The first-order chi connectivity index (χ1) is 9.19. The monoisotopic (exact) mass is 261 g/mol. The third kappa shape index (κ3) is 3.51. The van der Waals surface area contributed by atoms with Gasteiger partial charge in [-0.3, -0.25) is 9.78 Å². The molecule has 7 nitrogen and oxygen atoms in total. The van der Waals surface area contributed by atoms with E-state index in [2.05, 4.69) is 25.8 Å². The zero-order chi connectivity index (χ0) is 13.7. The van der Waals surface area contributed by atoms with Gasteiger partial charge in [-0.25, -0.2) is 0 Å². The molecule has 2 rings (SSSR count). The van der Waals surface area contributed by atoms with E-state index in [-0.39, 0.29) is 5.91 Å². The van der Waals surface area contributed by atoms with E-state index >= 15 is 0 Å². The van der Waals surface area contributed by atoms with Crippen molar-refractivity contribution in [2.24, 2.45) is 0 Å². The van der Waals surface area contributed by atoms with Crippen LogP contribution in [0.25, 0.3) is 0 Å². The molecular weight excluding hydrogens is 246 g/mol. The average molecular weight is 261 g/mol. The number of hydrogen-bond donors (Lipinski definition) is 2. The topological polar surface area (TPSA) is 92.9 Å². The van der Waals surface area contributed by atoms with Crippen LogP contribution in [-0.2, 0) is 6.42 Å². The van der Waals surface area contributed by atoms with Crippen molar-refractivity contribution in [1.82, 2.24) is 20.4 Å². The molecule has 1 amide bonds. The van der Waals surface area contributed by atoms with Crippen molar-refractivity contribution in [3.8, 4) is 0 Å². The van der Waals surface area contributed by atoms with E-state index < -0.39 is 0 Å². The number of carbonyl (C=O) groups is 1. The minimum Gasteiger partial charge on any atom is -0.388 e. The van der Waals surface area contributed by atoms with Gasteiger partial charge in [-0.15, -0.1) is 0 Å². The molecule has 0 aliphatic rings. The Morgan fingerprint density at radius 2 is 2.32 bits per heavy atom. The third-order valence-corrected chi connectivity index (χ3v) is 2.49. The van der Waals surface area contributed by atoms with Crippen LogP contribution < -0.4 is 10.6 Å². The summed E-state index contributed by atoms with van der Waals surface area (Å²) in [7, 11) is 1.79. The van der Waals surface area contributed by atoms with Crippen LogP contribution in [0.4, 0.5) is 5.69 Å². The van der Waals surface area contributed by atoms with Crippen molar-refractivity contribution in [3.63, 3.8) is 0 Å². The number of carbonyl (C=O) groups excluding carboxylic acids is 1. The number of nitrogens with zero attached hydrogens (tertiary/aromatic N) is 3. The molecule has 0 aromatic carbocycles. The summed E-state index contributed by atoms with van der Waals surface area (Å²) in [6.45, 7) is 2.16. The highest BCUT2D eigenvalue weighted by Gasteiger charge is 2.08. The molecule has 7 heteroatoms. The predicted molar refractivity (Wildman–Crippen MR) is 68.9 cm³/mol. The van der Waals surface area contributed by atoms with Crippen molar-refractivity contribution in [2.45, 2.75) is 13.3 Å². The van der Waals surface area contributed by atoms with Gasteiger partial charge in [0, 0.05) is 38.8 Å². The zero-order valence-corrected chi connectivity index (χ0v) is 10.8. The fourth-order valence-electron chi connectivity index (χ4n) is 1.53. The highest BCUT2D eigenvalue weighted by molar-refractivity contribution is 5.93. The lowest BCUT2D eigenvalue weighted by atomic mass is 10.3. The molecular formula is C12H15N5O2. The molecule has 100 valence electrons. The lowest BCUT2D eigenvalue weighted by Crippen LogP contribution is -2.26. The molecule has 2 N–H and O–H groups in total. The van der Waals surface area contributed by atoms with Crippen molar-refractivity contribution in [3.05, 3.63) is 35.7 Å². The Morgan fingerprint density at radius 1 is 1.47 bits per heavy atom. The fraction of sp³-hybridized carbons (Fsp3) is 0.333. The van der Waals surface area contributed by atoms with Gasteiger partial charge in [0.25, 0.3) is 5.91 Å². The van der Waals surface area contributed by atoms with E-state index in [1.165, 1.54) is 0 Å². The lowest BCUT2D eigenvalue weighted by molar-refractivity contribution is 0.0949. The Hall–Kier alpha value is -2.44. The molecule has 0 saturated heterocycles. The van der Waals surface area contributed by atoms with E-state index in [0.29, 0.717) is 30.4 Å². The SMILES string of the molecule is CNc1ccnc(C(=O)NCCc2noc(C)n2)c1. The zero-order valence-electron chi connectivity index (χ0n) is 10.8. The van der Waals surface area contributed by atoms with Gasteiger partial charge in [0.05, 0.1) is 0 Å². The second kappa shape index (κ2) is 5.94. The van der Waals surface area contributed by atoms with Gasteiger partial charge < -0.3 is 15.2 Å². The predicted octanol–water partition coefficient (Wildman–Crippen LogP) is 0.787. The molecule has 0 bridgehead atoms. The summed E-state index contributed by atoms with van der Waals surface area (Å²) in [6, 6.07) is 3.48. The molecule has 0 aliphatic carbocycles. The average Bonchev–Trinajstić information content (AvgIpc) is 2.84. The van der Waals surface area contributed by atoms with Crippen LogP contribution in [0.2, 0.25) is 0 Å². The van der Waals surface area contributed by atoms with Crippen molar-refractivity contribution >= 4 is 11.6 Å². The van der Waals surface area contributed by atoms with Gasteiger partial charge in [0.1, 0.15) is 5.69 Å². The molecule has 0 radical (unpaired) electrons. The maximum Gasteiger partial charge on any atom is 0.269 e. The number of rotatable bonds is 5. The van der Waals surface area contributed by atoms with Gasteiger partial charge in [0.15, 0.2) is 5.82 Å². The molecule has 0 fully saturated rings. The minimum atomic E-state index is -0.225. The van der Waals surface area contributed by atoms with Crippen LogP contribution in [0.5, 0.6) is 0 Å². The largest absolute Gasteiger partial charge is 0.388 e. The lowest BCUT2D eigenvalue weighted by Gasteiger charge is -2.04. The summed E-state index contributed by atoms with van der Waals surface area (Å²) in [5, 5.41) is 9.46. The molecule has 2 heterocycles. The number of aryl methyl sites for hydroxylation is 1. The van der Waals surface area contributed by atoms with Crippen LogP contribution in [-0.4, -0.2) is 34.6 Å². The van der Waals surface area contributed by atoms with E-state index in [9.17, 15) is 4.79 Å². The fourth-order valence-corrected chi connectivity index (χ4v) is 1.53. The second-order valence-electron chi connectivity index (χ2n) is 3.92. The number of amides is 1.